The number of carbonyl (C=O) groups is 2. The first-order valence-electron chi connectivity index (χ1n) is 8.03. The van der Waals surface area contributed by atoms with E-state index in [9.17, 15) is 14.4 Å². The SMILES string of the molecule is O=C(O)C(=O)NCCOc1cc(Br)ccc1-c1cc(=O)c2cccc(Cl)c2o1. The Morgan fingerprint density at radius 2 is 2.00 bits per heavy atom. The molecule has 0 saturated heterocycles. The van der Waals surface area contributed by atoms with Gasteiger partial charge in [-0.1, -0.05) is 33.6 Å². The summed E-state index contributed by atoms with van der Waals surface area (Å²) >= 11 is 9.50. The van der Waals surface area contributed by atoms with E-state index in [1.54, 1.807) is 36.4 Å². The Kier molecular flexibility index (Phi) is 6.01. The van der Waals surface area contributed by atoms with Gasteiger partial charge in [-0.15, -0.1) is 0 Å². The molecule has 0 aliphatic heterocycles. The summed E-state index contributed by atoms with van der Waals surface area (Å²) in [5.41, 5.74) is 0.530. The van der Waals surface area contributed by atoms with Gasteiger partial charge in [-0.3, -0.25) is 9.59 Å². The molecule has 0 aliphatic carbocycles. The molecule has 0 fully saturated rings. The maximum atomic E-state index is 12.4. The molecule has 0 radical (unpaired) electrons. The molecule has 1 aromatic heterocycles. The minimum absolute atomic E-state index is 0.00934. The number of carboxylic acid groups (broad SMARTS) is 1. The molecule has 3 aromatic rings. The van der Waals surface area contributed by atoms with E-state index in [2.05, 4.69) is 21.2 Å². The van der Waals surface area contributed by atoms with E-state index in [1.165, 1.54) is 6.07 Å². The van der Waals surface area contributed by atoms with Gasteiger partial charge in [0.2, 0.25) is 0 Å². The third-order valence-electron chi connectivity index (χ3n) is 3.76. The van der Waals surface area contributed by atoms with Crippen LogP contribution in [0.25, 0.3) is 22.3 Å². The van der Waals surface area contributed by atoms with E-state index in [0.717, 1.165) is 4.47 Å². The van der Waals surface area contributed by atoms with E-state index < -0.39 is 11.9 Å². The molecule has 0 spiro atoms. The number of hydrogen-bond donors (Lipinski definition) is 2. The van der Waals surface area contributed by atoms with Crippen LogP contribution in [-0.4, -0.2) is 30.1 Å². The summed E-state index contributed by atoms with van der Waals surface area (Å²) in [6.07, 6.45) is 0. The Hall–Kier alpha value is -2.84. The Morgan fingerprint density at radius 1 is 1.21 bits per heavy atom. The quantitative estimate of drug-likeness (QED) is 0.441. The van der Waals surface area contributed by atoms with Gasteiger partial charge in [-0.05, 0) is 30.3 Å². The summed E-state index contributed by atoms with van der Waals surface area (Å²) in [6.45, 7) is 0.00558. The molecule has 2 aromatic carbocycles. The molecule has 9 heteroatoms. The Labute approximate surface area is 172 Å². The molecule has 1 heterocycles. The lowest BCUT2D eigenvalue weighted by molar-refractivity contribution is -0.150. The van der Waals surface area contributed by atoms with Crippen LogP contribution >= 0.6 is 27.5 Å². The molecule has 0 bridgehead atoms. The van der Waals surface area contributed by atoms with E-state index in [0.29, 0.717) is 21.7 Å². The number of para-hydroxylation sites is 1. The second-order valence-corrected chi connectivity index (χ2v) is 6.96. The van der Waals surface area contributed by atoms with Gasteiger partial charge in [0.25, 0.3) is 0 Å². The zero-order valence-electron chi connectivity index (χ0n) is 14.2. The van der Waals surface area contributed by atoms with Gasteiger partial charge in [-0.2, -0.15) is 0 Å². The molecule has 144 valence electrons. The van der Waals surface area contributed by atoms with Gasteiger partial charge in [0, 0.05) is 10.5 Å². The van der Waals surface area contributed by atoms with Gasteiger partial charge in [-0.25, -0.2) is 4.79 Å². The molecule has 0 aliphatic rings. The van der Waals surface area contributed by atoms with E-state index in [4.69, 9.17) is 25.9 Å². The Morgan fingerprint density at radius 3 is 2.75 bits per heavy atom. The highest BCUT2D eigenvalue weighted by Gasteiger charge is 2.15. The average Bonchev–Trinajstić information content (AvgIpc) is 2.65. The van der Waals surface area contributed by atoms with Crippen LogP contribution in [0.3, 0.4) is 0 Å². The topological polar surface area (TPSA) is 106 Å². The van der Waals surface area contributed by atoms with Crippen LogP contribution in [0.2, 0.25) is 5.02 Å². The summed E-state index contributed by atoms with van der Waals surface area (Å²) in [5, 5.41) is 11.4. The fourth-order valence-electron chi connectivity index (χ4n) is 2.50. The number of ether oxygens (including phenoxy) is 1. The number of halogens is 2. The summed E-state index contributed by atoms with van der Waals surface area (Å²) in [7, 11) is 0. The minimum atomic E-state index is -1.57. The van der Waals surface area contributed by atoms with E-state index >= 15 is 0 Å². The molecule has 0 atom stereocenters. The fourth-order valence-corrected chi connectivity index (χ4v) is 3.05. The first-order chi connectivity index (χ1) is 13.4. The highest BCUT2D eigenvalue weighted by molar-refractivity contribution is 9.10. The van der Waals surface area contributed by atoms with Gasteiger partial charge >= 0.3 is 11.9 Å². The van der Waals surface area contributed by atoms with Gasteiger partial charge < -0.3 is 19.6 Å². The lowest BCUT2D eigenvalue weighted by Gasteiger charge is -2.12. The van der Waals surface area contributed by atoms with Crippen LogP contribution in [0.15, 0.2) is 56.1 Å². The van der Waals surface area contributed by atoms with Gasteiger partial charge in [0.15, 0.2) is 11.0 Å². The second-order valence-electron chi connectivity index (χ2n) is 5.64. The molecule has 1 amide bonds. The lowest BCUT2D eigenvalue weighted by atomic mass is 10.1. The van der Waals surface area contributed by atoms with E-state index in [1.807, 2.05) is 0 Å². The first kappa shape index (κ1) is 19.9. The van der Waals surface area contributed by atoms with Crippen LogP contribution in [-0.2, 0) is 9.59 Å². The molecule has 0 saturated carbocycles. The zero-order chi connectivity index (χ0) is 20.3. The predicted octanol–water partition coefficient (Wildman–Crippen LogP) is 3.46. The number of nitrogens with one attached hydrogen (secondary N) is 1. The average molecular weight is 467 g/mol. The molecular weight excluding hydrogens is 454 g/mol. The van der Waals surface area contributed by atoms with Gasteiger partial charge in [0.1, 0.15) is 18.1 Å². The smallest absolute Gasteiger partial charge is 0.394 e. The van der Waals surface area contributed by atoms with Crippen molar-refractivity contribution in [2.75, 3.05) is 13.2 Å². The number of hydrogen-bond acceptors (Lipinski definition) is 5. The molecule has 2 N–H and O–H groups in total. The number of carbonyl (C=O) groups excluding carboxylic acids is 1. The van der Waals surface area contributed by atoms with Crippen molar-refractivity contribution in [1.29, 1.82) is 0 Å². The standard InChI is InChI=1S/C19H13BrClNO6/c20-10-4-5-12(15(8-10)27-7-6-22-18(24)19(25)26)16-9-14(23)11-2-1-3-13(21)17(11)28-16/h1-5,8-9H,6-7H2,(H,22,24)(H,25,26). The molecule has 3 rings (SSSR count). The lowest BCUT2D eigenvalue weighted by Crippen LogP contribution is -2.33. The number of aliphatic carboxylic acids is 1. The molecule has 0 unspecified atom stereocenters. The minimum Gasteiger partial charge on any atom is -0.491 e. The molecular formula is C19H13BrClNO6. The number of fused-ring (bicyclic) bond motifs is 1. The van der Waals surface area contributed by atoms with Crippen molar-refractivity contribution in [3.05, 3.63) is 62.2 Å². The van der Waals surface area contributed by atoms with Crippen molar-refractivity contribution in [2.45, 2.75) is 0 Å². The summed E-state index contributed by atoms with van der Waals surface area (Å²) in [6, 6.07) is 11.4. The summed E-state index contributed by atoms with van der Waals surface area (Å²) in [5.74, 6) is -2.04. The van der Waals surface area contributed by atoms with E-state index in [-0.39, 0.29) is 29.9 Å². The normalized spacial score (nSPS) is 10.6. The second kappa shape index (κ2) is 8.45. The van der Waals surface area contributed by atoms with Crippen LogP contribution in [0.5, 0.6) is 5.75 Å². The first-order valence-corrected chi connectivity index (χ1v) is 9.20. The third kappa shape index (κ3) is 4.35. The number of carboxylic acids is 1. The fraction of sp³-hybridized carbons (Fsp3) is 0.105. The zero-order valence-corrected chi connectivity index (χ0v) is 16.5. The highest BCUT2D eigenvalue weighted by Crippen LogP contribution is 2.34. The van der Waals surface area contributed by atoms with Crippen molar-refractivity contribution in [1.82, 2.24) is 5.32 Å². The maximum absolute atomic E-state index is 12.4. The number of amides is 1. The van der Waals surface area contributed by atoms with Crippen molar-refractivity contribution in [2.24, 2.45) is 0 Å². The summed E-state index contributed by atoms with van der Waals surface area (Å²) < 4.78 is 12.2. The molecule has 28 heavy (non-hydrogen) atoms. The predicted molar refractivity (Wildman–Crippen MR) is 107 cm³/mol. The van der Waals surface area contributed by atoms with Gasteiger partial charge in [0.05, 0.1) is 22.5 Å². The third-order valence-corrected chi connectivity index (χ3v) is 4.55. The van der Waals surface area contributed by atoms with Crippen LogP contribution in [0.4, 0.5) is 0 Å². The van der Waals surface area contributed by atoms with Crippen LogP contribution < -0.4 is 15.5 Å². The number of benzene rings is 2. The largest absolute Gasteiger partial charge is 0.491 e. The maximum Gasteiger partial charge on any atom is 0.394 e. The highest BCUT2D eigenvalue weighted by atomic mass is 79.9. The Bertz CT molecular complexity index is 1130. The van der Waals surface area contributed by atoms with Crippen LogP contribution in [0.1, 0.15) is 0 Å². The van der Waals surface area contributed by atoms with Crippen molar-refractivity contribution in [3.63, 3.8) is 0 Å². The molecule has 7 nitrogen and oxygen atoms in total. The van der Waals surface area contributed by atoms with Crippen molar-refractivity contribution < 1.29 is 23.8 Å². The Balaban J connectivity index is 1.91. The van der Waals surface area contributed by atoms with Crippen molar-refractivity contribution >= 4 is 50.4 Å². The van der Waals surface area contributed by atoms with Crippen LogP contribution in [0, 0.1) is 0 Å². The van der Waals surface area contributed by atoms with Crippen molar-refractivity contribution in [3.8, 4) is 17.1 Å². The number of rotatable bonds is 5. The monoisotopic (exact) mass is 465 g/mol. The summed E-state index contributed by atoms with van der Waals surface area (Å²) in [4.78, 5) is 34.0.